The number of pyridine rings is 1. The van der Waals surface area contributed by atoms with E-state index < -0.39 is 0 Å². The summed E-state index contributed by atoms with van der Waals surface area (Å²) in [6.45, 7) is 0. The van der Waals surface area contributed by atoms with Crippen LogP contribution in [0.25, 0.3) is 118 Å². The van der Waals surface area contributed by atoms with Gasteiger partial charge in [-0.25, -0.2) is 15.0 Å². The fourth-order valence-electron chi connectivity index (χ4n) is 8.49. The summed E-state index contributed by atoms with van der Waals surface area (Å²) in [7, 11) is 0. The standard InChI is InChI=1S/C53H31N3S2/c1-3-11-33(12-4-1)43-31-44(56-53(55-43)37-24-25-39-38-15-7-9-17-46(38)58-49(39)30-37)34-21-19-32(20-22-34)36-23-26-40-45(29-36)54-52(35-13-5-2-6-14-35)42-27-28-48-51(50(40)42)41-16-8-10-18-47(41)57-48/h1-31H. The molecule has 0 atom stereocenters. The van der Waals surface area contributed by atoms with Crippen LogP contribution in [-0.2, 0) is 0 Å². The fraction of sp³-hybridized carbons (Fsp3) is 0. The van der Waals surface area contributed by atoms with Gasteiger partial charge in [0.15, 0.2) is 5.82 Å². The Morgan fingerprint density at radius 2 is 0.845 bits per heavy atom. The van der Waals surface area contributed by atoms with Crippen molar-refractivity contribution in [2.24, 2.45) is 0 Å². The third kappa shape index (κ3) is 5.43. The first kappa shape index (κ1) is 33.1. The molecule has 0 bridgehead atoms. The third-order valence-corrected chi connectivity index (χ3v) is 13.6. The SMILES string of the molecule is c1ccc(-c2cc(-c3ccc(-c4ccc5c(c4)nc(-c4ccccc4)c4ccc6sc7ccccc7c6c45)cc3)nc(-c3ccc4c(c3)sc3ccccc34)n2)cc1. The number of thiophene rings is 2. The minimum atomic E-state index is 0.717. The zero-order chi connectivity index (χ0) is 38.2. The molecule has 0 saturated carbocycles. The van der Waals surface area contributed by atoms with Crippen molar-refractivity contribution < 1.29 is 0 Å². The lowest BCUT2D eigenvalue weighted by molar-refractivity contribution is 1.18. The summed E-state index contributed by atoms with van der Waals surface area (Å²) in [6, 6.07) is 67.1. The van der Waals surface area contributed by atoms with Crippen molar-refractivity contribution in [2.45, 2.75) is 0 Å². The van der Waals surface area contributed by atoms with E-state index in [1.807, 2.05) is 28.7 Å². The second kappa shape index (κ2) is 13.3. The van der Waals surface area contributed by atoms with Crippen molar-refractivity contribution in [3.8, 4) is 56.3 Å². The molecule has 0 fully saturated rings. The van der Waals surface area contributed by atoms with Crippen LogP contribution in [0.15, 0.2) is 188 Å². The summed E-state index contributed by atoms with van der Waals surface area (Å²) in [5.41, 5.74) is 10.2. The van der Waals surface area contributed by atoms with E-state index >= 15 is 0 Å². The summed E-state index contributed by atoms with van der Waals surface area (Å²) >= 11 is 3.67. The molecule has 0 spiro atoms. The lowest BCUT2D eigenvalue weighted by atomic mass is 9.94. The Bertz CT molecular complexity index is 3550. The van der Waals surface area contributed by atoms with E-state index in [-0.39, 0.29) is 0 Å². The topological polar surface area (TPSA) is 38.7 Å². The van der Waals surface area contributed by atoms with E-state index in [4.69, 9.17) is 15.0 Å². The summed E-state index contributed by atoms with van der Waals surface area (Å²) < 4.78 is 5.12. The maximum Gasteiger partial charge on any atom is 0.160 e. The van der Waals surface area contributed by atoms with Gasteiger partial charge in [-0.2, -0.15) is 0 Å². The molecule has 8 aromatic carbocycles. The lowest BCUT2D eigenvalue weighted by Crippen LogP contribution is -1.96. The Morgan fingerprint density at radius 3 is 1.62 bits per heavy atom. The molecule has 0 unspecified atom stereocenters. The molecule has 12 rings (SSSR count). The maximum atomic E-state index is 5.39. The number of hydrogen-bond acceptors (Lipinski definition) is 5. The molecule has 4 aromatic heterocycles. The van der Waals surface area contributed by atoms with Crippen LogP contribution in [0.2, 0.25) is 0 Å². The Kier molecular flexibility index (Phi) is 7.58. The van der Waals surface area contributed by atoms with Crippen LogP contribution in [0.4, 0.5) is 0 Å². The predicted molar refractivity (Wildman–Crippen MR) is 248 cm³/mol. The minimum Gasteiger partial charge on any atom is -0.247 e. The monoisotopic (exact) mass is 773 g/mol. The van der Waals surface area contributed by atoms with Gasteiger partial charge in [0.2, 0.25) is 0 Å². The maximum absolute atomic E-state index is 5.39. The Labute approximate surface area is 342 Å². The van der Waals surface area contributed by atoms with Crippen LogP contribution in [0, 0.1) is 0 Å². The third-order valence-electron chi connectivity index (χ3n) is 11.3. The molecule has 0 aliphatic heterocycles. The van der Waals surface area contributed by atoms with Crippen LogP contribution >= 0.6 is 22.7 Å². The van der Waals surface area contributed by atoms with Crippen LogP contribution in [0.5, 0.6) is 0 Å². The molecule has 3 nitrogen and oxygen atoms in total. The van der Waals surface area contributed by atoms with Gasteiger partial charge in [-0.3, -0.25) is 0 Å². The van der Waals surface area contributed by atoms with Gasteiger partial charge in [-0.05, 0) is 47.5 Å². The fourth-order valence-corrected chi connectivity index (χ4v) is 10.7. The molecule has 0 N–H and O–H groups in total. The Hall–Kier alpha value is -7.05. The van der Waals surface area contributed by atoms with Crippen LogP contribution in [0.1, 0.15) is 0 Å². The van der Waals surface area contributed by atoms with Gasteiger partial charge < -0.3 is 0 Å². The minimum absolute atomic E-state index is 0.717. The van der Waals surface area contributed by atoms with E-state index in [9.17, 15) is 0 Å². The molecule has 0 aliphatic rings. The quantitative estimate of drug-likeness (QED) is 0.164. The summed E-state index contributed by atoms with van der Waals surface area (Å²) in [6.07, 6.45) is 0. The summed E-state index contributed by atoms with van der Waals surface area (Å²) in [5, 5.41) is 8.76. The summed E-state index contributed by atoms with van der Waals surface area (Å²) in [4.78, 5) is 15.7. The molecular formula is C53H31N3S2. The first-order valence-corrected chi connectivity index (χ1v) is 21.1. The predicted octanol–water partition coefficient (Wildman–Crippen LogP) is 15.2. The number of hydrogen-bond donors (Lipinski definition) is 0. The van der Waals surface area contributed by atoms with Crippen molar-refractivity contribution >= 4 is 84.7 Å². The highest BCUT2D eigenvalue weighted by Crippen LogP contribution is 2.44. The van der Waals surface area contributed by atoms with Crippen LogP contribution < -0.4 is 0 Å². The molecular weight excluding hydrogens is 743 g/mol. The molecule has 0 saturated heterocycles. The number of rotatable bonds is 5. The van der Waals surface area contributed by atoms with Gasteiger partial charge in [0, 0.05) is 78.8 Å². The van der Waals surface area contributed by atoms with Gasteiger partial charge >= 0.3 is 0 Å². The van der Waals surface area contributed by atoms with Gasteiger partial charge in [-0.1, -0.05) is 152 Å². The molecule has 270 valence electrons. The smallest absolute Gasteiger partial charge is 0.160 e. The van der Waals surface area contributed by atoms with Gasteiger partial charge in [0.05, 0.1) is 22.6 Å². The van der Waals surface area contributed by atoms with Gasteiger partial charge in [0.25, 0.3) is 0 Å². The van der Waals surface area contributed by atoms with Crippen LogP contribution in [-0.4, -0.2) is 15.0 Å². The molecule has 5 heteroatoms. The largest absolute Gasteiger partial charge is 0.247 e. The lowest BCUT2D eigenvalue weighted by Gasteiger charge is -2.13. The average Bonchev–Trinajstić information content (AvgIpc) is 3.87. The average molecular weight is 774 g/mol. The number of nitrogens with zero attached hydrogens (tertiary/aromatic N) is 3. The molecule has 0 amide bonds. The van der Waals surface area contributed by atoms with E-state index in [0.717, 1.165) is 56.0 Å². The molecule has 12 aromatic rings. The molecule has 0 radical (unpaired) electrons. The molecule has 58 heavy (non-hydrogen) atoms. The molecule has 0 aliphatic carbocycles. The van der Waals surface area contributed by atoms with Crippen molar-refractivity contribution in [1.82, 2.24) is 15.0 Å². The van der Waals surface area contributed by atoms with Crippen molar-refractivity contribution in [3.05, 3.63) is 188 Å². The highest BCUT2D eigenvalue weighted by atomic mass is 32.1. The second-order valence-electron chi connectivity index (χ2n) is 14.7. The number of benzene rings is 8. The van der Waals surface area contributed by atoms with Crippen molar-refractivity contribution in [2.75, 3.05) is 0 Å². The highest BCUT2D eigenvalue weighted by Gasteiger charge is 2.18. The van der Waals surface area contributed by atoms with Gasteiger partial charge in [0.1, 0.15) is 0 Å². The summed E-state index contributed by atoms with van der Waals surface area (Å²) in [5.74, 6) is 0.717. The van der Waals surface area contributed by atoms with E-state index in [0.29, 0.717) is 5.82 Å². The van der Waals surface area contributed by atoms with Crippen molar-refractivity contribution in [3.63, 3.8) is 0 Å². The number of fused-ring (bicyclic) bond motifs is 10. The second-order valence-corrected chi connectivity index (χ2v) is 16.9. The van der Waals surface area contributed by atoms with Crippen LogP contribution in [0.3, 0.4) is 0 Å². The first-order valence-electron chi connectivity index (χ1n) is 19.4. The Balaban J connectivity index is 0.981. The zero-order valence-electron chi connectivity index (χ0n) is 31.1. The highest BCUT2D eigenvalue weighted by molar-refractivity contribution is 7.26. The number of aromatic nitrogens is 3. The zero-order valence-corrected chi connectivity index (χ0v) is 32.7. The van der Waals surface area contributed by atoms with E-state index in [1.165, 1.54) is 56.5 Å². The Morgan fingerprint density at radius 1 is 0.293 bits per heavy atom. The normalized spacial score (nSPS) is 11.8. The van der Waals surface area contributed by atoms with E-state index in [2.05, 4.69) is 182 Å². The van der Waals surface area contributed by atoms with E-state index in [1.54, 1.807) is 0 Å². The molecule has 4 heterocycles. The van der Waals surface area contributed by atoms with Gasteiger partial charge in [-0.15, -0.1) is 22.7 Å². The first-order chi connectivity index (χ1) is 28.7. The van der Waals surface area contributed by atoms with Crippen molar-refractivity contribution in [1.29, 1.82) is 0 Å².